The van der Waals surface area contributed by atoms with Gasteiger partial charge in [0.15, 0.2) is 6.10 Å². The second-order valence-corrected chi connectivity index (χ2v) is 18.5. The number of ether oxygens (including phenoxy) is 3. The smallest absolute Gasteiger partial charge is 0.306 e. The number of hydrogen-bond donors (Lipinski definition) is 0. The van der Waals surface area contributed by atoms with Crippen LogP contribution in [0.4, 0.5) is 0 Å². The van der Waals surface area contributed by atoms with Crippen LogP contribution in [0.3, 0.4) is 0 Å². The molecule has 0 bridgehead atoms. The zero-order valence-electron chi connectivity index (χ0n) is 39.7. The molecule has 0 aromatic carbocycles. The highest BCUT2D eigenvalue weighted by atomic mass is 16.6. The quantitative estimate of drug-likeness (QED) is 0.0346. The van der Waals surface area contributed by atoms with Crippen LogP contribution in [0.5, 0.6) is 0 Å². The van der Waals surface area contributed by atoms with Crippen molar-refractivity contribution in [1.29, 1.82) is 0 Å². The number of esters is 3. The first-order chi connectivity index (χ1) is 28.3. The highest BCUT2D eigenvalue weighted by Gasteiger charge is 2.19. The van der Waals surface area contributed by atoms with Crippen molar-refractivity contribution in [3.05, 3.63) is 0 Å². The fraction of sp³-hybridized carbons (Fsp3) is 0.942. The summed E-state index contributed by atoms with van der Waals surface area (Å²) in [6, 6.07) is 0. The van der Waals surface area contributed by atoms with Gasteiger partial charge < -0.3 is 14.2 Å². The van der Waals surface area contributed by atoms with Gasteiger partial charge in [-0.1, -0.05) is 247 Å². The fourth-order valence-corrected chi connectivity index (χ4v) is 7.78. The minimum Gasteiger partial charge on any atom is -0.462 e. The van der Waals surface area contributed by atoms with E-state index in [0.717, 1.165) is 69.6 Å². The van der Waals surface area contributed by atoms with Gasteiger partial charge in [0.2, 0.25) is 0 Å². The van der Waals surface area contributed by atoms with E-state index in [9.17, 15) is 14.4 Å². The molecule has 0 saturated carbocycles. The zero-order chi connectivity index (χ0) is 42.6. The van der Waals surface area contributed by atoms with E-state index in [1.165, 1.54) is 173 Å². The van der Waals surface area contributed by atoms with Crippen LogP contribution in [0.1, 0.15) is 285 Å². The van der Waals surface area contributed by atoms with Crippen LogP contribution < -0.4 is 0 Å². The molecule has 344 valence electrons. The lowest BCUT2D eigenvalue weighted by molar-refractivity contribution is -0.167. The molecule has 6 heteroatoms. The molecule has 2 atom stereocenters. The van der Waals surface area contributed by atoms with E-state index >= 15 is 0 Å². The monoisotopic (exact) mass is 821 g/mol. The SMILES string of the molecule is CCCCCCCCCCCCCC(=O)O[C@H](COC(=O)CCCCCCCCCCCCCCC(C)C)COC(=O)CCCCCCCCCCCCC(C)CC. The highest BCUT2D eigenvalue weighted by Crippen LogP contribution is 2.18. The van der Waals surface area contributed by atoms with Crippen LogP contribution in [-0.2, 0) is 28.6 Å². The summed E-state index contributed by atoms with van der Waals surface area (Å²) < 4.78 is 16.8. The average Bonchev–Trinajstić information content (AvgIpc) is 3.21. The van der Waals surface area contributed by atoms with Crippen molar-refractivity contribution in [2.24, 2.45) is 11.8 Å². The van der Waals surface area contributed by atoms with Crippen molar-refractivity contribution in [3.63, 3.8) is 0 Å². The summed E-state index contributed by atoms with van der Waals surface area (Å²) in [4.78, 5) is 37.9. The van der Waals surface area contributed by atoms with E-state index in [1.54, 1.807) is 0 Å². The number of carbonyl (C=O) groups is 3. The molecule has 0 fully saturated rings. The standard InChI is InChI=1S/C52H100O6/c1-6-8-9-10-11-12-15-24-29-34-39-44-52(55)58-49(46-57-51(54)43-38-33-28-23-19-18-21-26-31-36-41-48(5)7-2)45-56-50(53)42-37-32-27-22-17-14-13-16-20-25-30-35-40-47(3)4/h47-49H,6-46H2,1-5H3/t48?,49-/m1/s1. The molecule has 0 saturated heterocycles. The molecular weight excluding hydrogens is 721 g/mol. The molecule has 0 aromatic rings. The van der Waals surface area contributed by atoms with Crippen molar-refractivity contribution < 1.29 is 28.6 Å². The lowest BCUT2D eigenvalue weighted by Gasteiger charge is -2.18. The third kappa shape index (κ3) is 44.0. The number of rotatable bonds is 46. The number of carbonyl (C=O) groups excluding carboxylic acids is 3. The predicted octanol–water partition coefficient (Wildman–Crippen LogP) is 16.5. The molecule has 0 aliphatic carbocycles. The summed E-state index contributed by atoms with van der Waals surface area (Å²) in [7, 11) is 0. The Kier molecular flexibility index (Phi) is 43.7. The van der Waals surface area contributed by atoms with Gasteiger partial charge in [-0.15, -0.1) is 0 Å². The third-order valence-electron chi connectivity index (χ3n) is 12.1. The first-order valence-electron chi connectivity index (χ1n) is 25.8. The number of unbranched alkanes of at least 4 members (excludes halogenated alkanes) is 30. The maximum atomic E-state index is 12.7. The Morgan fingerprint density at radius 3 is 0.983 bits per heavy atom. The summed E-state index contributed by atoms with van der Waals surface area (Å²) in [5.41, 5.74) is 0. The van der Waals surface area contributed by atoms with Gasteiger partial charge >= 0.3 is 17.9 Å². The van der Waals surface area contributed by atoms with Crippen LogP contribution in [0.25, 0.3) is 0 Å². The molecule has 0 spiro atoms. The van der Waals surface area contributed by atoms with Crippen molar-refractivity contribution in [3.8, 4) is 0 Å². The molecule has 0 N–H and O–H groups in total. The highest BCUT2D eigenvalue weighted by molar-refractivity contribution is 5.71. The van der Waals surface area contributed by atoms with Gasteiger partial charge in [-0.05, 0) is 31.1 Å². The van der Waals surface area contributed by atoms with Crippen molar-refractivity contribution >= 4 is 17.9 Å². The lowest BCUT2D eigenvalue weighted by atomic mass is 9.99. The Morgan fingerprint density at radius 1 is 0.362 bits per heavy atom. The van der Waals surface area contributed by atoms with Crippen LogP contribution in [0.2, 0.25) is 0 Å². The summed E-state index contributed by atoms with van der Waals surface area (Å²) in [5.74, 6) is 0.855. The molecule has 0 aliphatic rings. The van der Waals surface area contributed by atoms with Gasteiger partial charge in [-0.2, -0.15) is 0 Å². The Bertz CT molecular complexity index is 887. The molecule has 58 heavy (non-hydrogen) atoms. The molecule has 0 aliphatic heterocycles. The Hall–Kier alpha value is -1.59. The van der Waals surface area contributed by atoms with Gasteiger partial charge in [-0.25, -0.2) is 0 Å². The van der Waals surface area contributed by atoms with Crippen LogP contribution in [0, 0.1) is 11.8 Å². The molecule has 0 radical (unpaired) electrons. The molecule has 6 nitrogen and oxygen atoms in total. The molecular formula is C52H100O6. The third-order valence-corrected chi connectivity index (χ3v) is 12.1. The predicted molar refractivity (Wildman–Crippen MR) is 247 cm³/mol. The zero-order valence-corrected chi connectivity index (χ0v) is 39.7. The van der Waals surface area contributed by atoms with Gasteiger partial charge in [0.25, 0.3) is 0 Å². The van der Waals surface area contributed by atoms with Gasteiger partial charge in [0.1, 0.15) is 13.2 Å². The van der Waals surface area contributed by atoms with Crippen LogP contribution >= 0.6 is 0 Å². The second-order valence-electron chi connectivity index (χ2n) is 18.5. The number of hydrogen-bond acceptors (Lipinski definition) is 6. The van der Waals surface area contributed by atoms with Crippen LogP contribution in [0.15, 0.2) is 0 Å². The Balaban J connectivity index is 4.30. The van der Waals surface area contributed by atoms with E-state index in [4.69, 9.17) is 14.2 Å². The Morgan fingerprint density at radius 2 is 0.655 bits per heavy atom. The van der Waals surface area contributed by atoms with E-state index in [-0.39, 0.29) is 31.1 Å². The van der Waals surface area contributed by atoms with Crippen molar-refractivity contribution in [2.75, 3.05) is 13.2 Å². The molecule has 0 heterocycles. The van der Waals surface area contributed by atoms with E-state index in [1.807, 2.05) is 0 Å². The maximum Gasteiger partial charge on any atom is 0.306 e. The van der Waals surface area contributed by atoms with Crippen LogP contribution in [-0.4, -0.2) is 37.2 Å². The maximum absolute atomic E-state index is 12.7. The van der Waals surface area contributed by atoms with Gasteiger partial charge in [0.05, 0.1) is 0 Å². The average molecular weight is 821 g/mol. The second kappa shape index (κ2) is 44.9. The molecule has 1 unspecified atom stereocenters. The first kappa shape index (κ1) is 56.4. The van der Waals surface area contributed by atoms with Gasteiger partial charge in [-0.3, -0.25) is 14.4 Å². The van der Waals surface area contributed by atoms with Gasteiger partial charge in [0, 0.05) is 19.3 Å². The fourth-order valence-electron chi connectivity index (χ4n) is 7.78. The Labute approximate surface area is 361 Å². The normalized spacial score (nSPS) is 12.5. The first-order valence-corrected chi connectivity index (χ1v) is 25.8. The van der Waals surface area contributed by atoms with Crippen molar-refractivity contribution in [2.45, 2.75) is 291 Å². The molecule has 0 rings (SSSR count). The lowest BCUT2D eigenvalue weighted by Crippen LogP contribution is -2.30. The van der Waals surface area contributed by atoms with E-state index < -0.39 is 6.10 Å². The molecule has 0 amide bonds. The minimum atomic E-state index is -0.761. The summed E-state index contributed by atoms with van der Waals surface area (Å²) in [6.07, 6.45) is 45.1. The molecule has 0 aromatic heterocycles. The largest absolute Gasteiger partial charge is 0.462 e. The van der Waals surface area contributed by atoms with E-state index in [2.05, 4.69) is 34.6 Å². The summed E-state index contributed by atoms with van der Waals surface area (Å²) in [5, 5.41) is 0. The summed E-state index contributed by atoms with van der Waals surface area (Å²) in [6.45, 7) is 11.4. The summed E-state index contributed by atoms with van der Waals surface area (Å²) >= 11 is 0. The van der Waals surface area contributed by atoms with Crippen molar-refractivity contribution in [1.82, 2.24) is 0 Å². The minimum absolute atomic E-state index is 0.0638. The van der Waals surface area contributed by atoms with E-state index in [0.29, 0.717) is 19.3 Å². The topological polar surface area (TPSA) is 78.9 Å².